The van der Waals surface area contributed by atoms with Crippen molar-refractivity contribution >= 4 is 11.9 Å². The lowest BCUT2D eigenvalue weighted by molar-refractivity contribution is -0.139. The lowest BCUT2D eigenvalue weighted by Crippen LogP contribution is -2.51. The van der Waals surface area contributed by atoms with Crippen LogP contribution in [0.3, 0.4) is 0 Å². The zero-order chi connectivity index (χ0) is 25.4. The number of carbonyl (C=O) groups excluding carboxylic acids is 1. The fourth-order valence-electron chi connectivity index (χ4n) is 4.45. The Bertz CT molecular complexity index is 1100. The summed E-state index contributed by atoms with van der Waals surface area (Å²) in [4.78, 5) is 39.2. The molecule has 12 heteroatoms. The molecule has 9 nitrogen and oxygen atoms in total. The van der Waals surface area contributed by atoms with Gasteiger partial charge in [0.1, 0.15) is 5.56 Å². The van der Waals surface area contributed by atoms with Crippen LogP contribution in [0.4, 0.5) is 19.1 Å². The molecule has 1 unspecified atom stereocenters. The summed E-state index contributed by atoms with van der Waals surface area (Å²) < 4.78 is 39.5. The topological polar surface area (TPSA) is 98.3 Å². The second kappa shape index (κ2) is 9.56. The number of carbonyl (C=O) groups is 1. The minimum absolute atomic E-state index is 0.0318. The molecule has 0 bridgehead atoms. The maximum Gasteiger partial charge on any atom is 0.421 e. The van der Waals surface area contributed by atoms with E-state index in [1.807, 2.05) is 27.3 Å². The van der Waals surface area contributed by atoms with Crippen LogP contribution in [-0.2, 0) is 16.4 Å². The van der Waals surface area contributed by atoms with Crippen molar-refractivity contribution in [1.82, 2.24) is 30.0 Å². The van der Waals surface area contributed by atoms with Crippen molar-refractivity contribution in [2.24, 2.45) is 0 Å². The molecule has 2 aliphatic heterocycles. The summed E-state index contributed by atoms with van der Waals surface area (Å²) in [6, 6.07) is 0.351. The van der Waals surface area contributed by atoms with Crippen LogP contribution in [0.5, 0.6) is 0 Å². The van der Waals surface area contributed by atoms with E-state index in [1.54, 1.807) is 4.90 Å². The maximum atomic E-state index is 13.2. The quantitative estimate of drug-likeness (QED) is 0.698. The van der Waals surface area contributed by atoms with Gasteiger partial charge in [-0.2, -0.15) is 18.3 Å². The summed E-state index contributed by atoms with van der Waals surface area (Å²) in [5.74, 6) is 0.551. The molecular formula is C23H30F3N7O2. The van der Waals surface area contributed by atoms with E-state index in [0.717, 1.165) is 18.1 Å². The highest BCUT2D eigenvalue weighted by Gasteiger charge is 2.37. The number of piperazine rings is 1. The molecule has 4 rings (SSSR count). The third-order valence-electron chi connectivity index (χ3n) is 6.59. The van der Waals surface area contributed by atoms with Crippen molar-refractivity contribution < 1.29 is 18.0 Å². The average Bonchev–Trinajstić information content (AvgIpc) is 3.26. The van der Waals surface area contributed by atoms with Crippen molar-refractivity contribution in [3.8, 4) is 0 Å². The molecule has 0 saturated carbocycles. The van der Waals surface area contributed by atoms with Crippen LogP contribution < -0.4 is 10.5 Å². The summed E-state index contributed by atoms with van der Waals surface area (Å²) in [5.41, 5.74) is -1.39. The molecular weight excluding hydrogens is 463 g/mol. The number of hydrogen-bond acceptors (Lipinski definition) is 7. The molecule has 35 heavy (non-hydrogen) atoms. The Kier molecular flexibility index (Phi) is 6.85. The Morgan fingerprint density at radius 1 is 1.09 bits per heavy atom. The molecule has 0 radical (unpaired) electrons. The van der Waals surface area contributed by atoms with E-state index >= 15 is 0 Å². The standard InChI is InChI=1S/C23H30F3N7O2/c1-22(2,3)15-12-27-21(28-13-15)32-9-7-31(8-10-32)19(34)14-33-6-4-5-18(33)17-11-16(23(24,25)26)20(35)30-29-17/h11-13,18H,4-10,14H2,1-3H3,(H,30,35). The van der Waals surface area contributed by atoms with Crippen LogP contribution >= 0.6 is 0 Å². The highest BCUT2D eigenvalue weighted by atomic mass is 19.4. The van der Waals surface area contributed by atoms with Crippen molar-refractivity contribution in [2.45, 2.75) is 51.2 Å². The molecule has 2 aromatic heterocycles. The Morgan fingerprint density at radius 3 is 2.34 bits per heavy atom. The first-order valence-electron chi connectivity index (χ1n) is 11.7. The lowest BCUT2D eigenvalue weighted by atomic mass is 9.89. The first-order chi connectivity index (χ1) is 16.4. The number of nitrogens with zero attached hydrogens (tertiary/aromatic N) is 6. The van der Waals surface area contributed by atoms with Crippen molar-refractivity contribution in [2.75, 3.05) is 44.2 Å². The van der Waals surface area contributed by atoms with E-state index in [9.17, 15) is 22.8 Å². The van der Waals surface area contributed by atoms with Gasteiger partial charge in [0.2, 0.25) is 11.9 Å². The number of aromatic nitrogens is 4. The fourth-order valence-corrected chi connectivity index (χ4v) is 4.45. The lowest BCUT2D eigenvalue weighted by Gasteiger charge is -2.36. The normalized spacial score (nSPS) is 19.9. The van der Waals surface area contributed by atoms with Gasteiger partial charge < -0.3 is 9.80 Å². The predicted octanol–water partition coefficient (Wildman–Crippen LogP) is 2.36. The Morgan fingerprint density at radius 2 is 1.74 bits per heavy atom. The van der Waals surface area contributed by atoms with Gasteiger partial charge in [-0.25, -0.2) is 15.1 Å². The Labute approximate surface area is 201 Å². The zero-order valence-corrected chi connectivity index (χ0v) is 20.1. The van der Waals surface area contributed by atoms with Gasteiger partial charge in [-0.3, -0.25) is 14.5 Å². The van der Waals surface area contributed by atoms with Crippen LogP contribution in [0.1, 0.15) is 56.5 Å². The second-order valence-corrected chi connectivity index (χ2v) is 10.1. The highest BCUT2D eigenvalue weighted by molar-refractivity contribution is 5.78. The fraction of sp³-hybridized carbons (Fsp3) is 0.609. The number of H-pyrrole nitrogens is 1. The number of halogens is 3. The third-order valence-corrected chi connectivity index (χ3v) is 6.59. The summed E-state index contributed by atoms with van der Waals surface area (Å²) in [5, 5.41) is 5.80. The van der Waals surface area contributed by atoms with Gasteiger partial charge in [-0.15, -0.1) is 0 Å². The van der Waals surface area contributed by atoms with E-state index in [-0.39, 0.29) is 23.6 Å². The zero-order valence-electron chi connectivity index (χ0n) is 20.1. The van der Waals surface area contributed by atoms with Gasteiger partial charge in [0.15, 0.2) is 0 Å². The van der Waals surface area contributed by atoms with Crippen LogP contribution in [0.25, 0.3) is 0 Å². The van der Waals surface area contributed by atoms with E-state index in [4.69, 9.17) is 0 Å². The molecule has 2 saturated heterocycles. The smallest absolute Gasteiger partial charge is 0.338 e. The molecule has 1 amide bonds. The van der Waals surface area contributed by atoms with Gasteiger partial charge >= 0.3 is 6.18 Å². The number of hydrogen-bond donors (Lipinski definition) is 1. The van der Waals surface area contributed by atoms with E-state index in [0.29, 0.717) is 45.1 Å². The predicted molar refractivity (Wildman–Crippen MR) is 123 cm³/mol. The molecule has 0 spiro atoms. The van der Waals surface area contributed by atoms with Gasteiger partial charge in [-0.05, 0) is 36.4 Å². The van der Waals surface area contributed by atoms with Gasteiger partial charge in [0.25, 0.3) is 5.56 Å². The van der Waals surface area contributed by atoms with Crippen LogP contribution in [0.15, 0.2) is 23.3 Å². The second-order valence-electron chi connectivity index (χ2n) is 10.1. The number of rotatable bonds is 4. The third kappa shape index (κ3) is 5.63. The molecule has 1 N–H and O–H groups in total. The summed E-state index contributed by atoms with van der Waals surface area (Å²) in [7, 11) is 0. The molecule has 1 atom stereocenters. The van der Waals surface area contributed by atoms with E-state index < -0.39 is 23.3 Å². The molecule has 0 aliphatic carbocycles. The minimum Gasteiger partial charge on any atom is -0.338 e. The summed E-state index contributed by atoms with van der Waals surface area (Å²) >= 11 is 0. The van der Waals surface area contributed by atoms with Gasteiger partial charge in [0, 0.05) is 38.6 Å². The van der Waals surface area contributed by atoms with Crippen molar-refractivity contribution in [3.05, 3.63) is 45.6 Å². The Hall–Kier alpha value is -3.02. The molecule has 4 heterocycles. The SMILES string of the molecule is CC(C)(C)c1cnc(N2CCN(C(=O)CN3CCCC3c3cc(C(F)(F)F)c(=O)[nH]n3)CC2)nc1. The van der Waals surface area contributed by atoms with Gasteiger partial charge in [0.05, 0.1) is 18.3 Å². The number of nitrogens with one attached hydrogen (secondary N) is 1. The molecule has 0 aromatic carbocycles. The maximum absolute atomic E-state index is 13.2. The Balaban J connectivity index is 1.36. The largest absolute Gasteiger partial charge is 0.421 e. The summed E-state index contributed by atoms with van der Waals surface area (Å²) in [6.45, 7) is 9.18. The molecule has 2 fully saturated rings. The molecule has 2 aliphatic rings. The average molecular weight is 494 g/mol. The van der Waals surface area contributed by atoms with Crippen LogP contribution in [-0.4, -0.2) is 75.1 Å². The van der Waals surface area contributed by atoms with Crippen molar-refractivity contribution in [1.29, 1.82) is 0 Å². The monoisotopic (exact) mass is 493 g/mol. The van der Waals surface area contributed by atoms with Crippen LogP contribution in [0.2, 0.25) is 0 Å². The number of aromatic amines is 1. The van der Waals surface area contributed by atoms with Crippen molar-refractivity contribution in [3.63, 3.8) is 0 Å². The van der Waals surface area contributed by atoms with Gasteiger partial charge in [-0.1, -0.05) is 20.8 Å². The van der Waals surface area contributed by atoms with Crippen LogP contribution in [0, 0.1) is 0 Å². The molecule has 2 aromatic rings. The number of amides is 1. The number of alkyl halides is 3. The number of likely N-dealkylation sites (tertiary alicyclic amines) is 1. The van der Waals surface area contributed by atoms with E-state index in [2.05, 4.69) is 35.8 Å². The highest BCUT2D eigenvalue weighted by Crippen LogP contribution is 2.33. The first-order valence-corrected chi connectivity index (χ1v) is 11.7. The van der Waals surface area contributed by atoms with E-state index in [1.165, 1.54) is 0 Å². The summed E-state index contributed by atoms with van der Waals surface area (Å²) in [6.07, 6.45) is 0.209. The minimum atomic E-state index is -4.76. The number of anilines is 1. The first kappa shape index (κ1) is 25.1. The molecule has 190 valence electrons.